The molecule has 3 N–H and O–H groups in total. The van der Waals surface area contributed by atoms with Crippen LogP contribution in [0.1, 0.15) is 19.3 Å². The Hall–Kier alpha value is -2.64. The van der Waals surface area contributed by atoms with Gasteiger partial charge in [-0.3, -0.25) is 0 Å². The number of rotatable bonds is 4. The number of aliphatic hydroxyl groups is 2. The van der Waals surface area contributed by atoms with Gasteiger partial charge in [0.25, 0.3) is 0 Å². The number of benzene rings is 1. The molecule has 2 aliphatic rings. The molecule has 2 fully saturated rings. The first-order valence-corrected chi connectivity index (χ1v) is 10.3. The van der Waals surface area contributed by atoms with Crippen LogP contribution in [0.15, 0.2) is 42.6 Å². The van der Waals surface area contributed by atoms with Crippen molar-refractivity contribution in [1.82, 2.24) is 14.6 Å². The molecule has 1 saturated heterocycles. The molecule has 0 unspecified atom stereocenters. The summed E-state index contributed by atoms with van der Waals surface area (Å²) < 4.78 is 1.76. The van der Waals surface area contributed by atoms with Gasteiger partial charge < -0.3 is 20.4 Å². The number of aliphatic hydroxyl groups excluding tert-OH is 2. The van der Waals surface area contributed by atoms with E-state index < -0.39 is 12.2 Å². The highest BCUT2D eigenvalue weighted by atomic mass is 16.3. The number of hydrogen-bond donors (Lipinski definition) is 3. The molecule has 5 rings (SSSR count). The van der Waals surface area contributed by atoms with Crippen molar-refractivity contribution in [2.75, 3.05) is 23.3 Å². The Balaban J connectivity index is 1.45. The largest absolute Gasteiger partial charge is 0.390 e. The highest BCUT2D eigenvalue weighted by Crippen LogP contribution is 2.30. The summed E-state index contributed by atoms with van der Waals surface area (Å²) >= 11 is 0. The minimum Gasteiger partial charge on any atom is -0.390 e. The quantitative estimate of drug-likeness (QED) is 0.632. The van der Waals surface area contributed by atoms with E-state index in [0.29, 0.717) is 6.42 Å². The minimum absolute atomic E-state index is 0.193. The second-order valence-corrected chi connectivity index (χ2v) is 8.10. The van der Waals surface area contributed by atoms with Crippen molar-refractivity contribution < 1.29 is 10.2 Å². The van der Waals surface area contributed by atoms with Gasteiger partial charge in [-0.25, -0.2) is 4.98 Å². The lowest BCUT2D eigenvalue weighted by atomic mass is 10.1. The van der Waals surface area contributed by atoms with Gasteiger partial charge in [0.1, 0.15) is 11.9 Å². The van der Waals surface area contributed by atoms with E-state index in [1.807, 2.05) is 12.1 Å². The third-order valence-corrected chi connectivity index (χ3v) is 6.11. The topological polar surface area (TPSA) is 85.9 Å². The van der Waals surface area contributed by atoms with Crippen LogP contribution in [0.2, 0.25) is 0 Å². The van der Waals surface area contributed by atoms with Crippen LogP contribution >= 0.6 is 0 Å². The van der Waals surface area contributed by atoms with Crippen molar-refractivity contribution in [3.05, 3.63) is 49.5 Å². The fourth-order valence-electron chi connectivity index (χ4n) is 4.44. The van der Waals surface area contributed by atoms with Gasteiger partial charge >= 0.3 is 0 Å². The Morgan fingerprint density at radius 2 is 1.90 bits per heavy atom. The molecule has 2 aromatic heterocycles. The van der Waals surface area contributed by atoms with E-state index >= 15 is 0 Å². The summed E-state index contributed by atoms with van der Waals surface area (Å²) in [7, 11) is 0. The maximum Gasteiger partial charge on any atom is 0.157 e. The van der Waals surface area contributed by atoms with Crippen molar-refractivity contribution >= 4 is 17.2 Å². The number of aromatic nitrogens is 3. The van der Waals surface area contributed by atoms with E-state index in [2.05, 4.69) is 46.4 Å². The third-order valence-electron chi connectivity index (χ3n) is 6.11. The highest BCUT2D eigenvalue weighted by Gasteiger charge is 2.39. The molecule has 0 amide bonds. The van der Waals surface area contributed by atoms with E-state index in [1.54, 1.807) is 10.7 Å². The Morgan fingerprint density at radius 3 is 2.66 bits per heavy atom. The Labute approximate surface area is 170 Å². The zero-order valence-electron chi connectivity index (χ0n) is 16.3. The van der Waals surface area contributed by atoms with Gasteiger partial charge in [0.2, 0.25) is 0 Å². The summed E-state index contributed by atoms with van der Waals surface area (Å²) in [6.45, 7) is 6.13. The summed E-state index contributed by atoms with van der Waals surface area (Å²) in [6.07, 6.45) is 3.14. The van der Waals surface area contributed by atoms with Crippen LogP contribution in [0, 0.1) is 12.8 Å². The molecule has 7 heteroatoms. The normalized spacial score (nSPS) is 27.1. The lowest BCUT2D eigenvalue weighted by Gasteiger charge is -2.19. The molecule has 3 aromatic rings. The fraction of sp³-hybridized carbons (Fsp3) is 0.409. The molecule has 4 atom stereocenters. The van der Waals surface area contributed by atoms with Crippen LogP contribution in [0.5, 0.6) is 0 Å². The second-order valence-electron chi connectivity index (χ2n) is 8.10. The lowest BCUT2D eigenvalue weighted by Crippen LogP contribution is -2.35. The maximum absolute atomic E-state index is 10.3. The summed E-state index contributed by atoms with van der Waals surface area (Å²) in [5.74, 6) is 0.545. The summed E-state index contributed by atoms with van der Waals surface area (Å²) in [5.41, 5.74) is 3.87. The van der Waals surface area contributed by atoms with Gasteiger partial charge in [-0.15, -0.1) is 0 Å². The first kappa shape index (κ1) is 18.4. The van der Waals surface area contributed by atoms with Crippen LogP contribution in [0.4, 0.5) is 11.5 Å². The first-order chi connectivity index (χ1) is 14.1. The summed E-state index contributed by atoms with van der Waals surface area (Å²) in [6, 6.07) is 12.0. The van der Waals surface area contributed by atoms with Crippen molar-refractivity contribution in [3.63, 3.8) is 0 Å². The maximum atomic E-state index is 10.3. The van der Waals surface area contributed by atoms with Gasteiger partial charge in [0.15, 0.2) is 5.65 Å². The monoisotopic (exact) mass is 392 g/mol. The molecule has 3 heterocycles. The van der Waals surface area contributed by atoms with Gasteiger partial charge in [-0.05, 0) is 50.3 Å². The molecule has 151 valence electrons. The van der Waals surface area contributed by atoms with Crippen LogP contribution in [-0.4, -0.2) is 56.2 Å². The standard InChI is InChI=1S/C22H26N5O2/c1-14-11-18(22(29)21(14)28)24-19-7-8-23-20-13-17(25-27(19)20)15-5-4-6-16(12-15)26-9-2-3-10-26/h4-8,12-14,18,21-22,24,28-29H,1-3,9-11H2/t14-,18-,21-,22+/m1/s1. The van der Waals surface area contributed by atoms with Crippen molar-refractivity contribution in [2.24, 2.45) is 5.92 Å². The molecule has 29 heavy (non-hydrogen) atoms. The predicted molar refractivity (Wildman–Crippen MR) is 113 cm³/mol. The fourth-order valence-corrected chi connectivity index (χ4v) is 4.44. The summed E-state index contributed by atoms with van der Waals surface area (Å²) in [4.78, 5) is 6.85. The predicted octanol–water partition coefficient (Wildman–Crippen LogP) is 2.35. The van der Waals surface area contributed by atoms with Crippen molar-refractivity contribution in [2.45, 2.75) is 37.5 Å². The van der Waals surface area contributed by atoms with Crippen LogP contribution in [-0.2, 0) is 0 Å². The zero-order valence-corrected chi connectivity index (χ0v) is 16.3. The molecule has 1 aromatic carbocycles. The molecular formula is C22H26N5O2. The third kappa shape index (κ3) is 3.34. The van der Waals surface area contributed by atoms with E-state index in [9.17, 15) is 10.2 Å². The average molecular weight is 392 g/mol. The van der Waals surface area contributed by atoms with Gasteiger partial charge in [-0.2, -0.15) is 9.61 Å². The molecule has 0 bridgehead atoms. The van der Waals surface area contributed by atoms with E-state index in [1.165, 1.54) is 18.5 Å². The van der Waals surface area contributed by atoms with Crippen molar-refractivity contribution in [3.8, 4) is 11.3 Å². The number of nitrogens with zero attached hydrogens (tertiary/aromatic N) is 4. The molecule has 1 aliphatic heterocycles. The molecule has 7 nitrogen and oxygen atoms in total. The van der Waals surface area contributed by atoms with Crippen LogP contribution in [0.25, 0.3) is 16.9 Å². The van der Waals surface area contributed by atoms with E-state index in [0.717, 1.165) is 35.8 Å². The Bertz CT molecular complexity index is 1010. The van der Waals surface area contributed by atoms with Crippen LogP contribution in [0.3, 0.4) is 0 Å². The average Bonchev–Trinajstić information content (AvgIpc) is 3.46. The van der Waals surface area contributed by atoms with E-state index in [-0.39, 0.29) is 12.0 Å². The van der Waals surface area contributed by atoms with Gasteiger partial charge in [-0.1, -0.05) is 12.1 Å². The van der Waals surface area contributed by atoms with Gasteiger partial charge in [0.05, 0.1) is 17.8 Å². The molecule has 1 saturated carbocycles. The SMILES string of the molecule is [CH2][C@@H]1C[C@@H](Nc2ccnc3cc(-c4cccc(N5CCCC5)c4)nn23)[C@H](O)[C@@H]1O. The number of fused-ring (bicyclic) bond motifs is 1. The molecule has 1 radical (unpaired) electrons. The smallest absolute Gasteiger partial charge is 0.157 e. The highest BCUT2D eigenvalue weighted by molar-refractivity contribution is 5.69. The number of nitrogens with one attached hydrogen (secondary N) is 1. The Kier molecular flexibility index (Phi) is 4.64. The zero-order chi connectivity index (χ0) is 20.0. The number of anilines is 2. The number of hydrogen-bond acceptors (Lipinski definition) is 6. The van der Waals surface area contributed by atoms with Gasteiger partial charge in [0, 0.05) is 36.6 Å². The molecule has 0 spiro atoms. The lowest BCUT2D eigenvalue weighted by molar-refractivity contribution is 0.0256. The molecular weight excluding hydrogens is 366 g/mol. The first-order valence-electron chi connectivity index (χ1n) is 10.3. The van der Waals surface area contributed by atoms with Crippen molar-refractivity contribution in [1.29, 1.82) is 0 Å². The second kappa shape index (κ2) is 7.31. The molecule has 1 aliphatic carbocycles. The minimum atomic E-state index is -0.854. The summed E-state index contributed by atoms with van der Waals surface area (Å²) in [5, 5.41) is 28.4. The van der Waals surface area contributed by atoms with Crippen LogP contribution < -0.4 is 10.2 Å². The van der Waals surface area contributed by atoms with E-state index in [4.69, 9.17) is 5.10 Å². The Morgan fingerprint density at radius 1 is 1.07 bits per heavy atom.